The van der Waals surface area contributed by atoms with Crippen LogP contribution in [0.25, 0.3) is 5.70 Å². The fourth-order valence-corrected chi connectivity index (χ4v) is 5.04. The van der Waals surface area contributed by atoms with Crippen molar-refractivity contribution in [1.82, 2.24) is 10.2 Å². The number of likely N-dealkylation sites (tertiary alicyclic amines) is 1. The molecule has 1 saturated heterocycles. The third-order valence-corrected chi connectivity index (χ3v) is 6.49. The van der Waals surface area contributed by atoms with Crippen LogP contribution in [0.4, 0.5) is 9.18 Å². The normalized spacial score (nSPS) is 25.0. The van der Waals surface area contributed by atoms with E-state index < -0.39 is 23.9 Å². The van der Waals surface area contributed by atoms with Gasteiger partial charge in [0, 0.05) is 23.6 Å². The first-order valence-corrected chi connectivity index (χ1v) is 11.5. The van der Waals surface area contributed by atoms with E-state index >= 15 is 0 Å². The zero-order valence-corrected chi connectivity index (χ0v) is 19.6. The van der Waals surface area contributed by atoms with Gasteiger partial charge in [-0.25, -0.2) is 9.18 Å². The molecule has 0 unspecified atom stereocenters. The molecule has 4 rings (SSSR count). The number of nitrogens with two attached hydrogens (primary N) is 2. The van der Waals surface area contributed by atoms with Crippen molar-refractivity contribution in [2.24, 2.45) is 16.8 Å². The second-order valence-electron chi connectivity index (χ2n) is 10.2. The smallest absolute Gasteiger partial charge is 0.411 e. The number of halogens is 1. The quantitative estimate of drug-likeness (QED) is 0.462. The van der Waals surface area contributed by atoms with Gasteiger partial charge in [-0.05, 0) is 70.6 Å². The van der Waals surface area contributed by atoms with E-state index in [4.69, 9.17) is 10.5 Å². The number of nitrogens with one attached hydrogen (secondary N) is 1. The molecule has 1 saturated carbocycles. The number of carbonyl (C=O) groups excluding carboxylic acids is 2. The Hall–Kier alpha value is -2.78. The molecule has 8 nitrogen and oxygen atoms in total. The van der Waals surface area contributed by atoms with Crippen LogP contribution >= 0.6 is 0 Å². The number of hydrogen-bond donors (Lipinski definition) is 3. The Labute approximate surface area is 193 Å². The number of allylic oxidation sites excluding steroid dienone is 1. The van der Waals surface area contributed by atoms with Gasteiger partial charge in [-0.2, -0.15) is 5.43 Å². The summed E-state index contributed by atoms with van der Waals surface area (Å²) in [4.78, 5) is 27.5. The summed E-state index contributed by atoms with van der Waals surface area (Å²) in [6.07, 6.45) is 3.19. The Morgan fingerprint density at radius 3 is 2.76 bits per heavy atom. The zero-order chi connectivity index (χ0) is 23.9. The van der Waals surface area contributed by atoms with Gasteiger partial charge in [0.2, 0.25) is 5.91 Å². The number of nitrogens with zero attached hydrogens (tertiary/aromatic N) is 2. The molecule has 2 fully saturated rings. The summed E-state index contributed by atoms with van der Waals surface area (Å²) in [7, 11) is 0. The molecule has 2 heterocycles. The van der Waals surface area contributed by atoms with E-state index in [1.807, 2.05) is 13.0 Å². The van der Waals surface area contributed by atoms with Crippen molar-refractivity contribution in [3.63, 3.8) is 0 Å². The monoisotopic (exact) mass is 458 g/mol. The zero-order valence-electron chi connectivity index (χ0n) is 19.6. The summed E-state index contributed by atoms with van der Waals surface area (Å²) >= 11 is 0. The minimum atomic E-state index is -0.778. The first kappa shape index (κ1) is 23.4. The van der Waals surface area contributed by atoms with Crippen LogP contribution in [-0.4, -0.2) is 47.0 Å². The van der Waals surface area contributed by atoms with Crippen LogP contribution in [0.5, 0.6) is 0 Å². The molecule has 178 valence electrons. The second-order valence-corrected chi connectivity index (χ2v) is 10.2. The Morgan fingerprint density at radius 1 is 1.36 bits per heavy atom. The molecule has 0 radical (unpaired) electrons. The van der Waals surface area contributed by atoms with Crippen LogP contribution in [0, 0.1) is 11.7 Å². The molecule has 4 atom stereocenters. The lowest BCUT2D eigenvalue weighted by atomic mass is 9.97. The van der Waals surface area contributed by atoms with E-state index in [-0.39, 0.29) is 30.1 Å². The highest BCUT2D eigenvalue weighted by molar-refractivity contribution is 5.89. The number of benzene rings is 1. The number of ether oxygens (including phenoxy) is 1. The van der Waals surface area contributed by atoms with E-state index in [9.17, 15) is 14.0 Å². The maximum absolute atomic E-state index is 14.8. The predicted octanol–water partition coefficient (Wildman–Crippen LogP) is 1.85. The largest absolute Gasteiger partial charge is 0.444 e. The van der Waals surface area contributed by atoms with Crippen LogP contribution in [0.1, 0.15) is 58.1 Å². The van der Waals surface area contributed by atoms with Gasteiger partial charge in [0.15, 0.2) is 5.70 Å². The van der Waals surface area contributed by atoms with E-state index in [2.05, 4.69) is 10.4 Å². The predicted molar refractivity (Wildman–Crippen MR) is 122 cm³/mol. The second kappa shape index (κ2) is 8.87. The van der Waals surface area contributed by atoms with Crippen molar-refractivity contribution < 1.29 is 24.1 Å². The summed E-state index contributed by atoms with van der Waals surface area (Å²) in [6.45, 7) is 7.34. The van der Waals surface area contributed by atoms with Crippen molar-refractivity contribution in [2.75, 3.05) is 0 Å². The summed E-state index contributed by atoms with van der Waals surface area (Å²) in [5, 5.41) is 6.89. The molecule has 0 aromatic heterocycles. The van der Waals surface area contributed by atoms with Crippen molar-refractivity contribution in [2.45, 2.75) is 77.2 Å². The van der Waals surface area contributed by atoms with Gasteiger partial charge in [0.1, 0.15) is 17.5 Å². The molecule has 1 aromatic rings. The molecule has 2 aliphatic heterocycles. The molecule has 0 spiro atoms. The van der Waals surface area contributed by atoms with Crippen LogP contribution in [-0.2, 0) is 16.0 Å². The lowest BCUT2D eigenvalue weighted by Crippen LogP contribution is -2.72. The van der Waals surface area contributed by atoms with Crippen LogP contribution in [0.15, 0.2) is 28.9 Å². The number of piperidine rings is 1. The van der Waals surface area contributed by atoms with E-state index in [0.29, 0.717) is 5.56 Å². The maximum Gasteiger partial charge on any atom is 0.411 e. The number of fused-ring (bicyclic) bond motifs is 2. The van der Waals surface area contributed by atoms with Crippen LogP contribution in [0.3, 0.4) is 0 Å². The van der Waals surface area contributed by atoms with Gasteiger partial charge < -0.3 is 15.8 Å². The minimum absolute atomic E-state index is 0.0101. The highest BCUT2D eigenvalue weighted by Crippen LogP contribution is 2.43. The SMILES string of the molecule is CC1=C(c2ccc(C[C@@H](N)NC(=O)[C@@H]3[C@H]4CC[C@H](C4)N3C(=O)OC(C)(C)C)c(F)c2)[NH2+]N=C1. The Bertz CT molecular complexity index is 1020. The standard InChI is InChI=1S/C24H32FN5O3/c1-13-12-27-29-20(13)15-6-5-14(18(25)10-15)11-19(26)28-22(31)21-16-7-8-17(9-16)30(21)23(32)33-24(2,3)4/h5-6,10,12,16-17,19,21H,7-9,11,26H2,1-4H3,(H,27,29)(H,28,31)/p+1/t16-,17+,19-,21-/m0/s1. The number of hydrogen-bond acceptors (Lipinski definition) is 5. The number of amides is 2. The summed E-state index contributed by atoms with van der Waals surface area (Å²) in [5.74, 6) is -0.601. The molecule has 5 N–H and O–H groups in total. The number of quaternary nitrogens is 1. The van der Waals surface area contributed by atoms with Gasteiger partial charge in [-0.15, -0.1) is 0 Å². The average Bonchev–Trinajstić information content (AvgIpc) is 3.43. The third-order valence-electron chi connectivity index (χ3n) is 6.49. The summed E-state index contributed by atoms with van der Waals surface area (Å²) in [6, 6.07) is 4.39. The summed E-state index contributed by atoms with van der Waals surface area (Å²) in [5.41, 5.74) is 10.3. The number of rotatable bonds is 5. The highest BCUT2D eigenvalue weighted by Gasteiger charge is 2.52. The molecule has 1 aromatic carbocycles. The fourth-order valence-electron chi connectivity index (χ4n) is 5.04. The lowest BCUT2D eigenvalue weighted by Gasteiger charge is -2.36. The molecule has 2 bridgehead atoms. The van der Waals surface area contributed by atoms with Gasteiger partial charge in [-0.3, -0.25) is 9.69 Å². The molecule has 1 aliphatic carbocycles. The molecule has 2 amide bonds. The Morgan fingerprint density at radius 2 is 2.12 bits per heavy atom. The van der Waals surface area contributed by atoms with Crippen LogP contribution < -0.4 is 16.5 Å². The Kier molecular flexibility index (Phi) is 6.28. The van der Waals surface area contributed by atoms with Gasteiger partial charge >= 0.3 is 6.09 Å². The fraction of sp³-hybridized carbons (Fsp3) is 0.542. The lowest BCUT2D eigenvalue weighted by molar-refractivity contribution is -0.565. The molecule has 3 aliphatic rings. The van der Waals surface area contributed by atoms with Crippen molar-refractivity contribution in [1.29, 1.82) is 0 Å². The molecule has 33 heavy (non-hydrogen) atoms. The van der Waals surface area contributed by atoms with Gasteiger partial charge in [-0.1, -0.05) is 11.2 Å². The average molecular weight is 459 g/mol. The Balaban J connectivity index is 1.41. The van der Waals surface area contributed by atoms with Crippen molar-refractivity contribution >= 4 is 23.9 Å². The van der Waals surface area contributed by atoms with Crippen molar-refractivity contribution in [3.05, 3.63) is 40.7 Å². The maximum atomic E-state index is 14.8. The topological polar surface area (TPSA) is 114 Å². The first-order chi connectivity index (χ1) is 15.5. The highest BCUT2D eigenvalue weighted by atomic mass is 19.1. The third kappa shape index (κ3) is 4.94. The molecular weight excluding hydrogens is 425 g/mol. The van der Waals surface area contributed by atoms with Crippen molar-refractivity contribution in [3.8, 4) is 0 Å². The van der Waals surface area contributed by atoms with E-state index in [0.717, 1.165) is 36.1 Å². The number of carbonyl (C=O) groups is 2. The van der Waals surface area contributed by atoms with Gasteiger partial charge in [0.25, 0.3) is 0 Å². The van der Waals surface area contributed by atoms with E-state index in [1.54, 1.807) is 43.4 Å². The first-order valence-electron chi connectivity index (χ1n) is 11.5. The van der Waals surface area contributed by atoms with Crippen LogP contribution in [0.2, 0.25) is 0 Å². The van der Waals surface area contributed by atoms with Gasteiger partial charge in [0.05, 0.1) is 12.4 Å². The van der Waals surface area contributed by atoms with E-state index in [1.165, 1.54) is 6.07 Å². The molecule has 9 heteroatoms. The molecular formula is C24H33FN5O3+. The minimum Gasteiger partial charge on any atom is -0.444 e. The summed E-state index contributed by atoms with van der Waals surface area (Å²) < 4.78 is 20.3.